The first-order valence-corrected chi connectivity index (χ1v) is 5.26. The zero-order valence-electron chi connectivity index (χ0n) is 8.00. The number of hydrogen-bond acceptors (Lipinski definition) is 3. The first-order chi connectivity index (χ1) is 6.36. The van der Waals surface area contributed by atoms with E-state index < -0.39 is 0 Å². The molecule has 1 atom stereocenters. The van der Waals surface area contributed by atoms with Gasteiger partial charge < -0.3 is 4.74 Å². The standard InChI is InChI=1S/C10H17NO2/c12-10-5-3-4-9(8-13-10)11-6-1-2-7-11/h9H,1-8H2. The molecule has 2 rings (SSSR count). The number of esters is 1. The van der Waals surface area contributed by atoms with Crippen molar-refractivity contribution in [1.82, 2.24) is 4.90 Å². The molecule has 0 saturated carbocycles. The first-order valence-electron chi connectivity index (χ1n) is 5.26. The van der Waals surface area contributed by atoms with Crippen LogP contribution in [-0.2, 0) is 9.53 Å². The lowest BCUT2D eigenvalue weighted by Gasteiger charge is -2.24. The average molecular weight is 183 g/mol. The molecule has 0 aromatic carbocycles. The molecule has 1 unspecified atom stereocenters. The van der Waals surface area contributed by atoms with Crippen molar-refractivity contribution in [2.45, 2.75) is 38.1 Å². The highest BCUT2D eigenvalue weighted by atomic mass is 16.5. The van der Waals surface area contributed by atoms with E-state index in [2.05, 4.69) is 4.90 Å². The largest absolute Gasteiger partial charge is 0.464 e. The normalized spacial score (nSPS) is 31.4. The summed E-state index contributed by atoms with van der Waals surface area (Å²) < 4.78 is 5.15. The molecule has 3 heteroatoms. The van der Waals surface area contributed by atoms with Gasteiger partial charge >= 0.3 is 5.97 Å². The van der Waals surface area contributed by atoms with Gasteiger partial charge in [0.05, 0.1) is 0 Å². The van der Waals surface area contributed by atoms with E-state index in [0.29, 0.717) is 19.1 Å². The number of carbonyl (C=O) groups is 1. The van der Waals surface area contributed by atoms with Gasteiger partial charge in [0.1, 0.15) is 6.61 Å². The van der Waals surface area contributed by atoms with Gasteiger partial charge in [-0.25, -0.2) is 0 Å². The van der Waals surface area contributed by atoms with Crippen LogP contribution in [0.5, 0.6) is 0 Å². The molecule has 2 aliphatic heterocycles. The summed E-state index contributed by atoms with van der Waals surface area (Å²) in [7, 11) is 0. The molecule has 13 heavy (non-hydrogen) atoms. The van der Waals surface area contributed by atoms with E-state index in [1.54, 1.807) is 0 Å². The maximum atomic E-state index is 11.0. The summed E-state index contributed by atoms with van der Waals surface area (Å²) in [5.41, 5.74) is 0. The molecular formula is C10H17NO2. The van der Waals surface area contributed by atoms with Crippen LogP contribution in [0.2, 0.25) is 0 Å². The van der Waals surface area contributed by atoms with Gasteiger partial charge in [0.15, 0.2) is 0 Å². The second-order valence-electron chi connectivity index (χ2n) is 3.97. The van der Waals surface area contributed by atoms with Crippen LogP contribution in [0.4, 0.5) is 0 Å². The topological polar surface area (TPSA) is 29.5 Å². The van der Waals surface area contributed by atoms with E-state index in [-0.39, 0.29) is 5.97 Å². The third kappa shape index (κ3) is 2.21. The Kier molecular flexibility index (Phi) is 2.83. The number of rotatable bonds is 1. The number of carbonyl (C=O) groups excluding carboxylic acids is 1. The highest BCUT2D eigenvalue weighted by molar-refractivity contribution is 5.69. The third-order valence-electron chi connectivity index (χ3n) is 3.01. The molecule has 3 nitrogen and oxygen atoms in total. The molecule has 2 aliphatic rings. The molecule has 2 saturated heterocycles. The van der Waals surface area contributed by atoms with Crippen molar-refractivity contribution in [2.75, 3.05) is 19.7 Å². The number of ether oxygens (including phenoxy) is 1. The molecule has 2 fully saturated rings. The summed E-state index contributed by atoms with van der Waals surface area (Å²) in [6.45, 7) is 3.02. The van der Waals surface area contributed by atoms with Gasteiger partial charge in [-0.2, -0.15) is 0 Å². The maximum absolute atomic E-state index is 11.0. The van der Waals surface area contributed by atoms with Crippen molar-refractivity contribution in [3.05, 3.63) is 0 Å². The molecule has 0 aromatic rings. The molecule has 2 heterocycles. The number of cyclic esters (lactones) is 1. The molecule has 0 amide bonds. The highest BCUT2D eigenvalue weighted by Gasteiger charge is 2.25. The Labute approximate surface area is 79.0 Å². The summed E-state index contributed by atoms with van der Waals surface area (Å²) in [6, 6.07) is 0.508. The summed E-state index contributed by atoms with van der Waals surface area (Å²) >= 11 is 0. The number of hydrogen-bond donors (Lipinski definition) is 0. The fraction of sp³-hybridized carbons (Fsp3) is 0.900. The smallest absolute Gasteiger partial charge is 0.305 e. The Hall–Kier alpha value is -0.570. The molecule has 74 valence electrons. The molecule has 0 aliphatic carbocycles. The van der Waals surface area contributed by atoms with Crippen molar-refractivity contribution in [3.63, 3.8) is 0 Å². The predicted octanol–water partition coefficient (Wildman–Crippen LogP) is 1.18. The minimum Gasteiger partial charge on any atom is -0.464 e. The SMILES string of the molecule is O=C1CCCC(N2CCCC2)CO1. The van der Waals surface area contributed by atoms with Crippen LogP contribution in [0, 0.1) is 0 Å². The number of nitrogens with zero attached hydrogens (tertiary/aromatic N) is 1. The monoisotopic (exact) mass is 183 g/mol. The molecule has 0 radical (unpaired) electrons. The van der Waals surface area contributed by atoms with E-state index in [0.717, 1.165) is 12.8 Å². The van der Waals surface area contributed by atoms with E-state index in [9.17, 15) is 4.79 Å². The summed E-state index contributed by atoms with van der Waals surface area (Å²) in [4.78, 5) is 13.5. The highest BCUT2D eigenvalue weighted by Crippen LogP contribution is 2.19. The van der Waals surface area contributed by atoms with Crippen LogP contribution in [0.3, 0.4) is 0 Å². The van der Waals surface area contributed by atoms with Gasteiger partial charge in [-0.1, -0.05) is 0 Å². The van der Waals surface area contributed by atoms with Gasteiger partial charge in [0.2, 0.25) is 0 Å². The number of likely N-dealkylation sites (tertiary alicyclic amines) is 1. The summed E-state index contributed by atoms with van der Waals surface area (Å²) in [6.07, 6.45) is 5.37. The van der Waals surface area contributed by atoms with E-state index in [1.165, 1.54) is 25.9 Å². The Balaban J connectivity index is 1.87. The van der Waals surface area contributed by atoms with Crippen LogP contribution >= 0.6 is 0 Å². The zero-order valence-corrected chi connectivity index (χ0v) is 8.00. The van der Waals surface area contributed by atoms with E-state index >= 15 is 0 Å². The molecule has 0 spiro atoms. The minimum absolute atomic E-state index is 0.0123. The molecular weight excluding hydrogens is 166 g/mol. The molecule has 0 bridgehead atoms. The predicted molar refractivity (Wildman–Crippen MR) is 49.4 cm³/mol. The van der Waals surface area contributed by atoms with Crippen molar-refractivity contribution in [3.8, 4) is 0 Å². The zero-order chi connectivity index (χ0) is 9.10. The van der Waals surface area contributed by atoms with Crippen molar-refractivity contribution >= 4 is 5.97 Å². The van der Waals surface area contributed by atoms with E-state index in [1.807, 2.05) is 0 Å². The van der Waals surface area contributed by atoms with Crippen LogP contribution in [-0.4, -0.2) is 36.6 Å². The van der Waals surface area contributed by atoms with Crippen molar-refractivity contribution < 1.29 is 9.53 Å². The summed E-state index contributed by atoms with van der Waals surface area (Å²) in [5, 5.41) is 0. The molecule has 0 aromatic heterocycles. The lowest BCUT2D eigenvalue weighted by Crippen LogP contribution is -2.35. The fourth-order valence-electron chi connectivity index (χ4n) is 2.22. The van der Waals surface area contributed by atoms with Crippen LogP contribution < -0.4 is 0 Å². The fourth-order valence-corrected chi connectivity index (χ4v) is 2.22. The van der Waals surface area contributed by atoms with Crippen molar-refractivity contribution in [1.29, 1.82) is 0 Å². The van der Waals surface area contributed by atoms with Gasteiger partial charge in [-0.05, 0) is 38.8 Å². The lowest BCUT2D eigenvalue weighted by atomic mass is 10.1. The van der Waals surface area contributed by atoms with E-state index in [4.69, 9.17) is 4.74 Å². The molecule has 0 N–H and O–H groups in total. The summed E-state index contributed by atoms with van der Waals surface area (Å²) in [5.74, 6) is -0.0123. The Bertz CT molecular complexity index is 187. The Morgan fingerprint density at radius 1 is 1.23 bits per heavy atom. The van der Waals surface area contributed by atoms with Crippen LogP contribution in [0.15, 0.2) is 0 Å². The second-order valence-corrected chi connectivity index (χ2v) is 3.97. The quantitative estimate of drug-likeness (QED) is 0.572. The second kappa shape index (κ2) is 4.09. The lowest BCUT2D eigenvalue weighted by molar-refractivity contribution is -0.143. The Morgan fingerprint density at radius 3 is 2.77 bits per heavy atom. The third-order valence-corrected chi connectivity index (χ3v) is 3.01. The average Bonchev–Trinajstić information content (AvgIpc) is 2.56. The maximum Gasteiger partial charge on any atom is 0.305 e. The van der Waals surface area contributed by atoms with Gasteiger partial charge in [-0.15, -0.1) is 0 Å². The minimum atomic E-state index is -0.0123. The van der Waals surface area contributed by atoms with Crippen molar-refractivity contribution in [2.24, 2.45) is 0 Å². The van der Waals surface area contributed by atoms with Gasteiger partial charge in [0, 0.05) is 12.5 Å². The van der Waals surface area contributed by atoms with Crippen LogP contribution in [0.1, 0.15) is 32.1 Å². The van der Waals surface area contributed by atoms with Gasteiger partial charge in [0.25, 0.3) is 0 Å². The van der Waals surface area contributed by atoms with Crippen LogP contribution in [0.25, 0.3) is 0 Å². The first kappa shape index (κ1) is 9.00. The van der Waals surface area contributed by atoms with Gasteiger partial charge in [-0.3, -0.25) is 9.69 Å². The Morgan fingerprint density at radius 2 is 2.00 bits per heavy atom.